The molecular weight excluding hydrogens is 442 g/mol. The zero-order valence-corrected chi connectivity index (χ0v) is 18.5. The highest BCUT2D eigenvalue weighted by atomic mass is 79.9. The van der Waals surface area contributed by atoms with Crippen LogP contribution in [0.1, 0.15) is 64.3 Å². The summed E-state index contributed by atoms with van der Waals surface area (Å²) in [6.07, 6.45) is 4.75. The lowest BCUT2D eigenvalue weighted by Crippen LogP contribution is -2.16. The number of thiophene rings is 1. The molecule has 1 aromatic carbocycles. The van der Waals surface area contributed by atoms with Gasteiger partial charge in [0.05, 0.1) is 24.3 Å². The number of benzene rings is 1. The number of halogens is 1. The average Bonchev–Trinajstić information content (AvgIpc) is 3.23. The van der Waals surface area contributed by atoms with Gasteiger partial charge >= 0.3 is 5.97 Å². The number of esters is 1. The van der Waals surface area contributed by atoms with E-state index in [-0.39, 0.29) is 11.9 Å². The molecule has 0 spiro atoms. The highest BCUT2D eigenvalue weighted by Crippen LogP contribution is 2.40. The number of amides is 1. The molecule has 7 heteroatoms. The lowest BCUT2D eigenvalue weighted by molar-refractivity contribution is 0.0527. The maximum atomic E-state index is 13.0. The number of fused-ring (bicyclic) bond motifs is 1. The van der Waals surface area contributed by atoms with Crippen molar-refractivity contribution >= 4 is 44.1 Å². The first-order valence-corrected chi connectivity index (χ1v) is 11.2. The van der Waals surface area contributed by atoms with Gasteiger partial charge in [-0.1, -0.05) is 29.3 Å². The monoisotopic (exact) mass is 465 g/mol. The zero-order valence-electron chi connectivity index (χ0n) is 16.1. The van der Waals surface area contributed by atoms with E-state index in [1.165, 1.54) is 11.3 Å². The van der Waals surface area contributed by atoms with Crippen LogP contribution in [-0.2, 0) is 17.6 Å². The Morgan fingerprint density at radius 1 is 1.25 bits per heavy atom. The Labute approximate surface area is 177 Å². The topological polar surface area (TPSA) is 64.6 Å². The van der Waals surface area contributed by atoms with Crippen LogP contribution in [0.2, 0.25) is 0 Å². The largest absolute Gasteiger partial charge is 0.493 e. The molecule has 1 aliphatic carbocycles. The summed E-state index contributed by atoms with van der Waals surface area (Å²) in [6, 6.07) is 5.37. The molecule has 0 atom stereocenters. The molecule has 1 aliphatic rings. The van der Waals surface area contributed by atoms with E-state index in [0.29, 0.717) is 35.1 Å². The third-order valence-corrected chi connectivity index (χ3v) is 6.27. The molecule has 0 bridgehead atoms. The summed E-state index contributed by atoms with van der Waals surface area (Å²) in [5, 5.41) is 3.49. The highest BCUT2D eigenvalue weighted by Gasteiger charge is 2.29. The number of carbonyl (C=O) groups excluding carboxylic acids is 2. The van der Waals surface area contributed by atoms with Gasteiger partial charge in [0.25, 0.3) is 5.91 Å². The number of aryl methyl sites for hydroxylation is 1. The first-order valence-electron chi connectivity index (χ1n) is 9.60. The van der Waals surface area contributed by atoms with E-state index in [2.05, 4.69) is 28.2 Å². The molecule has 1 amide bonds. The second-order valence-electron chi connectivity index (χ2n) is 6.58. The van der Waals surface area contributed by atoms with Crippen molar-refractivity contribution in [3.63, 3.8) is 0 Å². The van der Waals surface area contributed by atoms with Crippen molar-refractivity contribution in [2.24, 2.45) is 0 Å². The SMILES string of the molecule is CCCCOc1ccc(Br)cc1C(=O)Nc1sc2c(c1C(=O)OCC)CCC2. The maximum Gasteiger partial charge on any atom is 0.341 e. The number of ether oxygens (including phenoxy) is 2. The van der Waals surface area contributed by atoms with Crippen molar-refractivity contribution in [1.82, 2.24) is 0 Å². The molecular formula is C21H24BrNO4S. The van der Waals surface area contributed by atoms with Gasteiger partial charge in [0.2, 0.25) is 0 Å². The lowest BCUT2D eigenvalue weighted by atomic mass is 10.1. The van der Waals surface area contributed by atoms with Gasteiger partial charge in [0, 0.05) is 9.35 Å². The third kappa shape index (κ3) is 4.58. The number of unbranched alkanes of at least 4 members (excludes halogenated alkanes) is 1. The smallest absolute Gasteiger partial charge is 0.341 e. The van der Waals surface area contributed by atoms with Crippen molar-refractivity contribution in [2.45, 2.75) is 46.0 Å². The molecule has 1 heterocycles. The third-order valence-electron chi connectivity index (χ3n) is 4.57. The van der Waals surface area contributed by atoms with E-state index < -0.39 is 0 Å². The summed E-state index contributed by atoms with van der Waals surface area (Å²) in [6.45, 7) is 4.73. The Kier molecular flexibility index (Phi) is 7.13. The predicted octanol–water partition coefficient (Wildman–Crippen LogP) is 5.61. The van der Waals surface area contributed by atoms with Crippen LogP contribution >= 0.6 is 27.3 Å². The Balaban J connectivity index is 1.88. The molecule has 1 N–H and O–H groups in total. The molecule has 0 fully saturated rings. The van der Waals surface area contributed by atoms with Crippen molar-refractivity contribution in [2.75, 3.05) is 18.5 Å². The second-order valence-corrected chi connectivity index (χ2v) is 8.60. The Morgan fingerprint density at radius 3 is 2.82 bits per heavy atom. The molecule has 1 aromatic heterocycles. The first kappa shape index (κ1) is 20.9. The van der Waals surface area contributed by atoms with Crippen molar-refractivity contribution in [3.05, 3.63) is 44.2 Å². The standard InChI is InChI=1S/C21H24BrNO4S/c1-3-5-11-27-16-10-9-13(22)12-15(16)19(24)23-20-18(21(25)26-4-2)14-7-6-8-17(14)28-20/h9-10,12H,3-8,11H2,1-2H3,(H,23,24). The normalized spacial score (nSPS) is 12.5. The van der Waals surface area contributed by atoms with E-state index in [0.717, 1.165) is 47.0 Å². The van der Waals surface area contributed by atoms with Crippen LogP contribution in [0, 0.1) is 0 Å². The lowest BCUT2D eigenvalue weighted by Gasteiger charge is -2.12. The average molecular weight is 466 g/mol. The molecule has 0 saturated carbocycles. The number of hydrogen-bond acceptors (Lipinski definition) is 5. The summed E-state index contributed by atoms with van der Waals surface area (Å²) in [5.74, 6) is -0.125. The highest BCUT2D eigenvalue weighted by molar-refractivity contribution is 9.10. The van der Waals surface area contributed by atoms with E-state index in [4.69, 9.17) is 9.47 Å². The number of rotatable bonds is 8. The summed E-state index contributed by atoms with van der Waals surface area (Å²) < 4.78 is 11.8. The Bertz CT molecular complexity index is 878. The van der Waals surface area contributed by atoms with Crippen LogP contribution < -0.4 is 10.1 Å². The van der Waals surface area contributed by atoms with Gasteiger partial charge in [-0.25, -0.2) is 4.79 Å². The van der Waals surface area contributed by atoms with Crippen LogP contribution in [0.25, 0.3) is 0 Å². The zero-order chi connectivity index (χ0) is 20.1. The van der Waals surface area contributed by atoms with Crippen LogP contribution in [0.15, 0.2) is 22.7 Å². The van der Waals surface area contributed by atoms with Gasteiger partial charge in [0.1, 0.15) is 10.8 Å². The van der Waals surface area contributed by atoms with Gasteiger partial charge in [-0.2, -0.15) is 0 Å². The molecule has 2 aromatic rings. The quantitative estimate of drug-likeness (QED) is 0.406. The van der Waals surface area contributed by atoms with Gasteiger partial charge in [-0.3, -0.25) is 4.79 Å². The van der Waals surface area contributed by atoms with Crippen LogP contribution in [0.5, 0.6) is 5.75 Å². The number of anilines is 1. The minimum Gasteiger partial charge on any atom is -0.493 e. The van der Waals surface area contributed by atoms with Crippen LogP contribution in [0.3, 0.4) is 0 Å². The maximum absolute atomic E-state index is 13.0. The fraction of sp³-hybridized carbons (Fsp3) is 0.429. The summed E-state index contributed by atoms with van der Waals surface area (Å²) in [4.78, 5) is 26.7. The van der Waals surface area contributed by atoms with Gasteiger partial charge in [-0.05, 0) is 56.4 Å². The fourth-order valence-corrected chi connectivity index (χ4v) is 4.85. The van der Waals surface area contributed by atoms with Crippen LogP contribution in [0.4, 0.5) is 5.00 Å². The molecule has 150 valence electrons. The summed E-state index contributed by atoms with van der Waals surface area (Å²) in [5.41, 5.74) is 1.97. The van der Waals surface area contributed by atoms with E-state index in [9.17, 15) is 9.59 Å². The van der Waals surface area contributed by atoms with E-state index >= 15 is 0 Å². The molecule has 3 rings (SSSR count). The second kappa shape index (κ2) is 9.56. The Morgan fingerprint density at radius 2 is 2.07 bits per heavy atom. The molecule has 28 heavy (non-hydrogen) atoms. The minimum absolute atomic E-state index is 0.293. The van der Waals surface area contributed by atoms with Gasteiger partial charge in [0.15, 0.2) is 0 Å². The van der Waals surface area contributed by atoms with Crippen molar-refractivity contribution in [1.29, 1.82) is 0 Å². The number of carbonyl (C=O) groups is 2. The van der Waals surface area contributed by atoms with Gasteiger partial charge < -0.3 is 14.8 Å². The van der Waals surface area contributed by atoms with E-state index in [1.807, 2.05) is 6.07 Å². The molecule has 5 nitrogen and oxygen atoms in total. The van der Waals surface area contributed by atoms with Gasteiger partial charge in [-0.15, -0.1) is 11.3 Å². The first-order chi connectivity index (χ1) is 13.5. The number of hydrogen-bond donors (Lipinski definition) is 1. The molecule has 0 radical (unpaired) electrons. The fourth-order valence-electron chi connectivity index (χ4n) is 3.21. The molecule has 0 aliphatic heterocycles. The van der Waals surface area contributed by atoms with Crippen molar-refractivity contribution < 1.29 is 19.1 Å². The predicted molar refractivity (Wildman–Crippen MR) is 115 cm³/mol. The molecule has 0 unspecified atom stereocenters. The van der Waals surface area contributed by atoms with Crippen molar-refractivity contribution in [3.8, 4) is 5.75 Å². The number of nitrogens with one attached hydrogen (secondary N) is 1. The summed E-state index contributed by atoms with van der Waals surface area (Å²) in [7, 11) is 0. The Hall–Kier alpha value is -1.86. The molecule has 0 saturated heterocycles. The van der Waals surface area contributed by atoms with Crippen LogP contribution in [-0.4, -0.2) is 25.1 Å². The minimum atomic E-state index is -0.370. The van der Waals surface area contributed by atoms with E-state index in [1.54, 1.807) is 19.1 Å². The summed E-state index contributed by atoms with van der Waals surface area (Å²) >= 11 is 4.89.